The van der Waals surface area contributed by atoms with Gasteiger partial charge in [-0.1, -0.05) is 12.1 Å². The number of aromatic hydroxyl groups is 1. The summed E-state index contributed by atoms with van der Waals surface area (Å²) in [7, 11) is -4.30. The van der Waals surface area contributed by atoms with E-state index in [0.29, 0.717) is 10.8 Å². The predicted molar refractivity (Wildman–Crippen MR) is 62.0 cm³/mol. The molecule has 0 saturated carbocycles. The monoisotopic (exact) mass is 293 g/mol. The molecule has 0 aliphatic heterocycles. The molecule has 6 nitrogen and oxygen atoms in total. The molecule has 0 aromatic heterocycles. The van der Waals surface area contributed by atoms with Crippen molar-refractivity contribution in [1.82, 2.24) is 0 Å². The number of fused-ring (bicyclic) bond motifs is 1. The van der Waals surface area contributed by atoms with Crippen molar-refractivity contribution in [3.63, 3.8) is 0 Å². The van der Waals surface area contributed by atoms with Crippen LogP contribution in [0.25, 0.3) is 10.8 Å². The summed E-state index contributed by atoms with van der Waals surface area (Å²) in [5.41, 5.74) is -0.163. The second-order valence-electron chi connectivity index (χ2n) is 3.38. The number of phenols is 1. The number of phenolic OH excluding ortho intramolecular Hbond substituents is 1. The van der Waals surface area contributed by atoms with Crippen molar-refractivity contribution in [3.05, 3.63) is 35.2 Å². The molecule has 0 bridgehead atoms. The van der Waals surface area contributed by atoms with E-state index in [1.165, 1.54) is 24.3 Å². The third kappa shape index (κ3) is 2.96. The van der Waals surface area contributed by atoms with Gasteiger partial charge in [0, 0.05) is 5.39 Å². The summed E-state index contributed by atoms with van der Waals surface area (Å²) in [6.45, 7) is 0. The van der Waals surface area contributed by atoms with Crippen molar-refractivity contribution in [2.45, 2.75) is 4.90 Å². The second-order valence-corrected chi connectivity index (χ2v) is 4.80. The van der Waals surface area contributed by atoms with Crippen LogP contribution in [0.3, 0.4) is 0 Å². The van der Waals surface area contributed by atoms with Crippen molar-refractivity contribution in [3.8, 4) is 5.75 Å². The normalized spacial score (nSPS) is 10.9. The van der Waals surface area contributed by atoms with E-state index in [-0.39, 0.29) is 69.1 Å². The Hall–Kier alpha value is -0.354. The minimum absolute atomic E-state index is 0. The Morgan fingerprint density at radius 2 is 1.83 bits per heavy atom. The zero-order chi connectivity index (χ0) is 12.6. The molecule has 0 radical (unpaired) electrons. The van der Waals surface area contributed by atoms with E-state index >= 15 is 0 Å². The van der Waals surface area contributed by atoms with Gasteiger partial charge in [0.25, 0.3) is 10.1 Å². The Morgan fingerprint density at radius 1 is 1.17 bits per heavy atom. The van der Waals surface area contributed by atoms with Gasteiger partial charge in [0.1, 0.15) is 5.75 Å². The third-order valence-corrected chi connectivity index (χ3v) is 3.18. The molecule has 90 valence electrons. The number of nitroso groups, excluding NO2 is 1. The first kappa shape index (κ1) is 15.7. The van der Waals surface area contributed by atoms with Gasteiger partial charge in [-0.3, -0.25) is 4.55 Å². The maximum absolute atomic E-state index is 10.9. The summed E-state index contributed by atoms with van der Waals surface area (Å²) in [6.07, 6.45) is 0. The fourth-order valence-electron chi connectivity index (χ4n) is 1.54. The first-order valence-corrected chi connectivity index (χ1v) is 5.94. The first-order valence-electron chi connectivity index (χ1n) is 4.50. The molecule has 0 atom stereocenters. The van der Waals surface area contributed by atoms with Crippen LogP contribution in [-0.2, 0) is 10.1 Å². The van der Waals surface area contributed by atoms with E-state index < -0.39 is 10.1 Å². The molecule has 8 heteroatoms. The minimum Gasteiger partial charge on any atom is -1.00 e. The van der Waals surface area contributed by atoms with Crippen molar-refractivity contribution in [2.75, 3.05) is 0 Å². The van der Waals surface area contributed by atoms with Crippen LogP contribution in [0.1, 0.15) is 1.43 Å². The number of benzene rings is 2. The molecule has 0 aliphatic rings. The van der Waals surface area contributed by atoms with Crippen LogP contribution in [0.4, 0.5) is 5.69 Å². The number of hydrogen-bond acceptors (Lipinski definition) is 5. The number of hydrogen-bond donors (Lipinski definition) is 2. The molecular formula is C10H8KNO5S. The standard InChI is InChI=1S/C10H7NO5S.K.H/c12-9-4-1-6-5-7(17(14,15)16)2-3-8(6)10(9)11-13;;/h1-5,12H,(H,14,15,16);;/q;+1;-1. The van der Waals surface area contributed by atoms with E-state index in [1.807, 2.05) is 0 Å². The van der Waals surface area contributed by atoms with Crippen LogP contribution in [0, 0.1) is 4.91 Å². The quantitative estimate of drug-likeness (QED) is 0.433. The minimum atomic E-state index is -4.30. The van der Waals surface area contributed by atoms with Gasteiger partial charge >= 0.3 is 51.4 Å². The molecule has 0 heterocycles. The Kier molecular flexibility index (Phi) is 5.01. The average Bonchev–Trinajstić information content (AvgIpc) is 2.27. The van der Waals surface area contributed by atoms with Gasteiger partial charge in [0.05, 0.1) is 4.90 Å². The fourth-order valence-corrected chi connectivity index (χ4v) is 2.05. The predicted octanol–water partition coefficient (Wildman–Crippen LogP) is -0.693. The summed E-state index contributed by atoms with van der Waals surface area (Å²) in [5, 5.41) is 12.7. The number of nitrogens with zero attached hydrogens (tertiary/aromatic N) is 1. The zero-order valence-corrected chi connectivity index (χ0v) is 13.3. The van der Waals surface area contributed by atoms with Crippen LogP contribution in [0.2, 0.25) is 0 Å². The maximum Gasteiger partial charge on any atom is 1.00 e. The van der Waals surface area contributed by atoms with Crippen molar-refractivity contribution < 1.29 is 70.9 Å². The van der Waals surface area contributed by atoms with Gasteiger partial charge in [-0.25, -0.2) is 0 Å². The molecule has 0 aliphatic carbocycles. The number of rotatable bonds is 2. The van der Waals surface area contributed by atoms with Crippen molar-refractivity contribution in [1.29, 1.82) is 0 Å². The van der Waals surface area contributed by atoms with Crippen LogP contribution in [0.15, 0.2) is 40.4 Å². The molecule has 0 saturated heterocycles. The molecule has 2 aromatic carbocycles. The van der Waals surface area contributed by atoms with E-state index in [1.54, 1.807) is 0 Å². The van der Waals surface area contributed by atoms with Crippen molar-refractivity contribution in [2.24, 2.45) is 5.18 Å². The van der Waals surface area contributed by atoms with E-state index in [9.17, 15) is 18.4 Å². The molecule has 0 unspecified atom stereocenters. The summed E-state index contributed by atoms with van der Waals surface area (Å²) < 4.78 is 30.7. The Morgan fingerprint density at radius 3 is 2.39 bits per heavy atom. The summed E-state index contributed by atoms with van der Waals surface area (Å²) >= 11 is 0. The average molecular weight is 293 g/mol. The molecule has 0 amide bonds. The fraction of sp³-hybridized carbons (Fsp3) is 0. The van der Waals surface area contributed by atoms with Crippen LogP contribution < -0.4 is 51.4 Å². The molecule has 18 heavy (non-hydrogen) atoms. The largest absolute Gasteiger partial charge is 1.00 e. The molecule has 0 fully saturated rings. The SMILES string of the molecule is O=Nc1c(O)ccc2cc(S(=O)(=O)O)ccc12.[H-].[K+]. The second kappa shape index (κ2) is 5.74. The molecule has 2 rings (SSSR count). The topological polar surface area (TPSA) is 104 Å². The zero-order valence-electron chi connectivity index (χ0n) is 10.4. The summed E-state index contributed by atoms with van der Waals surface area (Å²) in [5.74, 6) is -0.285. The maximum atomic E-state index is 10.9. The molecule has 2 N–H and O–H groups in total. The van der Waals surface area contributed by atoms with Gasteiger partial charge in [-0.2, -0.15) is 8.42 Å². The van der Waals surface area contributed by atoms with Crippen LogP contribution in [0.5, 0.6) is 5.75 Å². The summed E-state index contributed by atoms with van der Waals surface area (Å²) in [6, 6.07) is 6.28. The Balaban J connectivity index is 0.00000162. The van der Waals surface area contributed by atoms with Gasteiger partial charge in [0.2, 0.25) is 0 Å². The Bertz CT molecular complexity index is 719. The van der Waals surface area contributed by atoms with E-state index in [2.05, 4.69) is 5.18 Å². The Labute approximate surface area is 147 Å². The van der Waals surface area contributed by atoms with Gasteiger partial charge in [-0.05, 0) is 28.8 Å². The van der Waals surface area contributed by atoms with Crippen LogP contribution in [-0.4, -0.2) is 18.1 Å². The summed E-state index contributed by atoms with van der Waals surface area (Å²) in [4.78, 5) is 10.3. The molecule has 2 aromatic rings. The van der Waals surface area contributed by atoms with E-state index in [0.717, 1.165) is 6.07 Å². The third-order valence-electron chi connectivity index (χ3n) is 2.33. The van der Waals surface area contributed by atoms with E-state index in [4.69, 9.17) is 4.55 Å². The smallest absolute Gasteiger partial charge is 1.00 e. The van der Waals surface area contributed by atoms with Gasteiger partial charge < -0.3 is 6.53 Å². The molecule has 0 spiro atoms. The van der Waals surface area contributed by atoms with Crippen LogP contribution >= 0.6 is 0 Å². The van der Waals surface area contributed by atoms with Crippen molar-refractivity contribution >= 4 is 26.6 Å². The first-order chi connectivity index (χ1) is 7.93. The van der Waals surface area contributed by atoms with Gasteiger partial charge in [-0.15, -0.1) is 4.91 Å². The molecular weight excluding hydrogens is 285 g/mol. The van der Waals surface area contributed by atoms with Gasteiger partial charge in [0.15, 0.2) is 5.69 Å².